The Morgan fingerprint density at radius 1 is 1.55 bits per heavy atom. The predicted molar refractivity (Wildman–Crippen MR) is 49.7 cm³/mol. The normalized spacial score (nSPS) is 12.3. The van der Waals surface area contributed by atoms with Crippen LogP contribution in [0.4, 0.5) is 0 Å². The molecule has 0 aromatic carbocycles. The lowest BCUT2D eigenvalue weighted by Crippen LogP contribution is -2.07. The molecule has 11 heavy (non-hydrogen) atoms. The van der Waals surface area contributed by atoms with Crippen molar-refractivity contribution in [3.63, 3.8) is 0 Å². The molecule has 0 saturated carbocycles. The van der Waals surface area contributed by atoms with Crippen LogP contribution in [0.5, 0.6) is 0 Å². The van der Waals surface area contributed by atoms with E-state index in [9.17, 15) is 0 Å². The molecule has 0 aliphatic rings. The van der Waals surface area contributed by atoms with Crippen LogP contribution in [0.1, 0.15) is 27.2 Å². The highest BCUT2D eigenvalue weighted by Crippen LogP contribution is 1.99. The van der Waals surface area contributed by atoms with Crippen molar-refractivity contribution in [1.29, 1.82) is 0 Å². The van der Waals surface area contributed by atoms with Crippen molar-refractivity contribution in [2.45, 2.75) is 33.3 Å². The van der Waals surface area contributed by atoms with Gasteiger partial charge in [-0.1, -0.05) is 24.6 Å². The highest BCUT2D eigenvalue weighted by Gasteiger charge is 1.97. The Labute approximate surface area is 69.8 Å². The van der Waals surface area contributed by atoms with E-state index < -0.39 is 0 Å². The van der Waals surface area contributed by atoms with E-state index in [0.29, 0.717) is 6.61 Å². The molecule has 0 spiro atoms. The van der Waals surface area contributed by atoms with Gasteiger partial charge in [-0.05, 0) is 20.3 Å². The molecule has 0 heterocycles. The average molecular weight is 154 g/mol. The zero-order valence-electron chi connectivity index (χ0n) is 7.76. The van der Waals surface area contributed by atoms with Gasteiger partial charge < -0.3 is 4.74 Å². The number of allylic oxidation sites excluding steroid dienone is 1. The maximum atomic E-state index is 5.46. The van der Waals surface area contributed by atoms with Gasteiger partial charge in [0.2, 0.25) is 0 Å². The van der Waals surface area contributed by atoms with Crippen LogP contribution < -0.4 is 0 Å². The second kappa shape index (κ2) is 6.17. The van der Waals surface area contributed by atoms with Crippen molar-refractivity contribution in [2.75, 3.05) is 6.61 Å². The van der Waals surface area contributed by atoms with Crippen LogP contribution in [0, 0.1) is 0 Å². The fraction of sp³-hybridized carbons (Fsp3) is 0.600. The fourth-order valence-electron chi connectivity index (χ4n) is 0.691. The summed E-state index contributed by atoms with van der Waals surface area (Å²) < 4.78 is 5.46. The van der Waals surface area contributed by atoms with Crippen LogP contribution in [0.15, 0.2) is 24.3 Å². The van der Waals surface area contributed by atoms with E-state index in [2.05, 4.69) is 33.4 Å². The lowest BCUT2D eigenvalue weighted by molar-refractivity contribution is 0.106. The largest absolute Gasteiger partial charge is 0.370 e. The first-order chi connectivity index (χ1) is 5.20. The monoisotopic (exact) mass is 154 g/mol. The maximum Gasteiger partial charge on any atom is 0.0754 e. The third-order valence-corrected chi connectivity index (χ3v) is 1.47. The van der Waals surface area contributed by atoms with E-state index in [1.807, 2.05) is 6.08 Å². The first-order valence-electron chi connectivity index (χ1n) is 4.08. The van der Waals surface area contributed by atoms with Crippen LogP contribution in [-0.4, -0.2) is 12.7 Å². The molecule has 1 nitrogen and oxygen atoms in total. The predicted octanol–water partition coefficient (Wildman–Crippen LogP) is 2.93. The summed E-state index contributed by atoms with van der Waals surface area (Å²) in [5, 5.41) is 0. The Balaban J connectivity index is 3.51. The molecule has 0 aromatic heterocycles. The second-order valence-electron chi connectivity index (χ2n) is 2.80. The second-order valence-corrected chi connectivity index (χ2v) is 2.80. The number of ether oxygens (including phenoxy) is 1. The molecule has 0 bridgehead atoms. The van der Waals surface area contributed by atoms with Crippen molar-refractivity contribution in [3.8, 4) is 0 Å². The summed E-state index contributed by atoms with van der Waals surface area (Å²) >= 11 is 0. The summed E-state index contributed by atoms with van der Waals surface area (Å²) in [6, 6.07) is 0. The van der Waals surface area contributed by atoms with Crippen LogP contribution in [-0.2, 0) is 4.74 Å². The standard InChI is InChI=1S/C10H18O/c1-5-10(6-2)11-8-7-9(3)4/h5,7,10H,1,6,8H2,2-4H3. The Hall–Kier alpha value is -0.560. The van der Waals surface area contributed by atoms with E-state index in [-0.39, 0.29) is 6.10 Å². The Morgan fingerprint density at radius 2 is 2.18 bits per heavy atom. The number of hydrogen-bond donors (Lipinski definition) is 0. The Morgan fingerprint density at radius 3 is 2.55 bits per heavy atom. The third kappa shape index (κ3) is 5.86. The van der Waals surface area contributed by atoms with Crippen LogP contribution >= 0.6 is 0 Å². The lowest BCUT2D eigenvalue weighted by Gasteiger charge is -2.08. The van der Waals surface area contributed by atoms with Gasteiger partial charge in [0, 0.05) is 0 Å². The molecule has 1 atom stereocenters. The van der Waals surface area contributed by atoms with E-state index in [4.69, 9.17) is 4.74 Å². The molecule has 64 valence electrons. The van der Waals surface area contributed by atoms with Crippen molar-refractivity contribution in [3.05, 3.63) is 24.3 Å². The van der Waals surface area contributed by atoms with Gasteiger partial charge in [0.25, 0.3) is 0 Å². The Bertz CT molecular complexity index is 132. The zero-order chi connectivity index (χ0) is 8.69. The highest BCUT2D eigenvalue weighted by molar-refractivity contribution is 4.93. The van der Waals surface area contributed by atoms with Gasteiger partial charge in [-0.15, -0.1) is 6.58 Å². The smallest absolute Gasteiger partial charge is 0.0754 e. The average Bonchev–Trinajstić information content (AvgIpc) is 1.98. The van der Waals surface area contributed by atoms with Crippen LogP contribution in [0.25, 0.3) is 0 Å². The summed E-state index contributed by atoms with van der Waals surface area (Å²) in [5.41, 5.74) is 1.30. The molecule has 0 aromatic rings. The molecule has 0 rings (SSSR count). The summed E-state index contributed by atoms with van der Waals surface area (Å²) in [4.78, 5) is 0. The summed E-state index contributed by atoms with van der Waals surface area (Å²) in [7, 11) is 0. The maximum absolute atomic E-state index is 5.46. The van der Waals surface area contributed by atoms with E-state index in [0.717, 1.165) is 6.42 Å². The van der Waals surface area contributed by atoms with Gasteiger partial charge in [-0.2, -0.15) is 0 Å². The molecular weight excluding hydrogens is 136 g/mol. The molecule has 0 N–H and O–H groups in total. The molecule has 0 aliphatic heterocycles. The van der Waals surface area contributed by atoms with E-state index >= 15 is 0 Å². The van der Waals surface area contributed by atoms with E-state index in [1.165, 1.54) is 5.57 Å². The minimum Gasteiger partial charge on any atom is -0.370 e. The van der Waals surface area contributed by atoms with Crippen LogP contribution in [0.2, 0.25) is 0 Å². The van der Waals surface area contributed by atoms with Gasteiger partial charge in [-0.3, -0.25) is 0 Å². The lowest BCUT2D eigenvalue weighted by atomic mass is 10.3. The number of hydrogen-bond acceptors (Lipinski definition) is 1. The van der Waals surface area contributed by atoms with E-state index in [1.54, 1.807) is 0 Å². The SMILES string of the molecule is C=CC(CC)OCC=C(C)C. The van der Waals surface area contributed by atoms with Gasteiger partial charge >= 0.3 is 0 Å². The molecule has 0 fully saturated rings. The first-order valence-corrected chi connectivity index (χ1v) is 4.08. The summed E-state index contributed by atoms with van der Waals surface area (Å²) in [5.74, 6) is 0. The highest BCUT2D eigenvalue weighted by atomic mass is 16.5. The quantitative estimate of drug-likeness (QED) is 0.553. The fourth-order valence-corrected chi connectivity index (χ4v) is 0.691. The molecule has 1 unspecified atom stereocenters. The van der Waals surface area contributed by atoms with Crippen molar-refractivity contribution in [1.82, 2.24) is 0 Å². The zero-order valence-corrected chi connectivity index (χ0v) is 7.76. The van der Waals surface area contributed by atoms with Crippen molar-refractivity contribution in [2.24, 2.45) is 0 Å². The molecule has 0 saturated heterocycles. The van der Waals surface area contributed by atoms with Gasteiger partial charge in [0.1, 0.15) is 0 Å². The van der Waals surface area contributed by atoms with Crippen molar-refractivity contribution >= 4 is 0 Å². The summed E-state index contributed by atoms with van der Waals surface area (Å²) in [6.07, 6.45) is 5.14. The minimum atomic E-state index is 0.214. The Kier molecular flexibility index (Phi) is 5.86. The molecule has 0 aliphatic carbocycles. The summed E-state index contributed by atoms with van der Waals surface area (Å²) in [6.45, 7) is 10.6. The van der Waals surface area contributed by atoms with Gasteiger partial charge in [0.15, 0.2) is 0 Å². The molecular formula is C10H18O. The topological polar surface area (TPSA) is 9.23 Å². The first kappa shape index (κ1) is 10.4. The van der Waals surface area contributed by atoms with Crippen molar-refractivity contribution < 1.29 is 4.74 Å². The minimum absolute atomic E-state index is 0.214. The van der Waals surface area contributed by atoms with Gasteiger partial charge in [0.05, 0.1) is 12.7 Å². The third-order valence-electron chi connectivity index (χ3n) is 1.47. The van der Waals surface area contributed by atoms with Gasteiger partial charge in [-0.25, -0.2) is 0 Å². The molecule has 0 amide bonds. The number of rotatable bonds is 5. The van der Waals surface area contributed by atoms with Crippen LogP contribution in [0.3, 0.4) is 0 Å². The molecule has 0 radical (unpaired) electrons. The molecule has 1 heteroatoms.